The van der Waals surface area contributed by atoms with Crippen LogP contribution in [0.2, 0.25) is 0 Å². The van der Waals surface area contributed by atoms with Crippen molar-refractivity contribution < 1.29 is 32.3 Å². The van der Waals surface area contributed by atoms with Crippen LogP contribution in [0.1, 0.15) is 11.1 Å². The first kappa shape index (κ1) is 17.7. The van der Waals surface area contributed by atoms with Gasteiger partial charge in [-0.05, 0) is 38.1 Å². The molecule has 0 aromatic heterocycles. The molecule has 23 heavy (non-hydrogen) atoms. The minimum atomic E-state index is -5.09. The van der Waals surface area contributed by atoms with Gasteiger partial charge in [0.15, 0.2) is 0 Å². The highest BCUT2D eigenvalue weighted by atomic mass is 31.3. The van der Waals surface area contributed by atoms with Crippen LogP contribution < -0.4 is 9.05 Å². The second kappa shape index (κ2) is 6.87. The van der Waals surface area contributed by atoms with Crippen LogP contribution in [0.5, 0.6) is 11.5 Å². The van der Waals surface area contributed by atoms with Gasteiger partial charge in [0.25, 0.3) is 0 Å². The smallest absolute Gasteiger partial charge is 0.395 e. The first-order valence-electron chi connectivity index (χ1n) is 6.55. The molecular formula is C14H16O7P2. The third kappa shape index (κ3) is 5.82. The third-order valence-corrected chi connectivity index (χ3v) is 5.20. The molecular weight excluding hydrogens is 342 g/mol. The van der Waals surface area contributed by atoms with Crippen molar-refractivity contribution >= 4 is 15.6 Å². The Kier molecular flexibility index (Phi) is 5.30. The molecule has 2 aromatic carbocycles. The van der Waals surface area contributed by atoms with Gasteiger partial charge in [0.05, 0.1) is 0 Å². The molecule has 0 radical (unpaired) electrons. The van der Waals surface area contributed by atoms with Crippen molar-refractivity contribution in [1.82, 2.24) is 0 Å². The molecule has 0 saturated carbocycles. The van der Waals surface area contributed by atoms with Crippen molar-refractivity contribution in [2.75, 3.05) is 0 Å². The van der Waals surface area contributed by atoms with E-state index in [2.05, 4.69) is 4.31 Å². The number of rotatable bonds is 6. The monoisotopic (exact) mass is 358 g/mol. The summed E-state index contributed by atoms with van der Waals surface area (Å²) in [4.78, 5) is 17.9. The Labute approximate surface area is 133 Å². The Hall–Kier alpha value is -1.62. The maximum atomic E-state index is 12.6. The third-order valence-electron chi connectivity index (χ3n) is 2.68. The van der Waals surface area contributed by atoms with Crippen molar-refractivity contribution in [3.8, 4) is 11.5 Å². The summed E-state index contributed by atoms with van der Waals surface area (Å²) >= 11 is 0. The zero-order valence-electron chi connectivity index (χ0n) is 12.4. The summed E-state index contributed by atoms with van der Waals surface area (Å²) in [6.45, 7) is 3.69. The van der Waals surface area contributed by atoms with Gasteiger partial charge in [-0.3, -0.25) is 0 Å². The van der Waals surface area contributed by atoms with Gasteiger partial charge >= 0.3 is 15.6 Å². The first-order valence-corrected chi connectivity index (χ1v) is 9.54. The average Bonchev–Trinajstić information content (AvgIpc) is 2.42. The van der Waals surface area contributed by atoms with Crippen LogP contribution in [0.15, 0.2) is 48.5 Å². The van der Waals surface area contributed by atoms with E-state index in [0.717, 1.165) is 11.1 Å². The summed E-state index contributed by atoms with van der Waals surface area (Å²) in [7, 11) is -9.67. The van der Waals surface area contributed by atoms with Crippen molar-refractivity contribution in [3.05, 3.63) is 59.7 Å². The lowest BCUT2D eigenvalue weighted by molar-refractivity contribution is 0.233. The highest BCUT2D eigenvalue weighted by Crippen LogP contribution is 2.60. The maximum absolute atomic E-state index is 12.6. The van der Waals surface area contributed by atoms with E-state index in [1.165, 1.54) is 24.3 Å². The molecule has 9 heteroatoms. The van der Waals surface area contributed by atoms with Gasteiger partial charge in [-0.15, -0.1) is 0 Å². The Balaban J connectivity index is 2.27. The van der Waals surface area contributed by atoms with E-state index in [1.54, 1.807) is 24.3 Å². The molecule has 2 aromatic rings. The van der Waals surface area contributed by atoms with Gasteiger partial charge < -0.3 is 18.8 Å². The minimum Gasteiger partial charge on any atom is -0.395 e. The molecule has 0 unspecified atom stereocenters. The van der Waals surface area contributed by atoms with Crippen LogP contribution in [0.4, 0.5) is 0 Å². The molecule has 0 aliphatic carbocycles. The number of benzene rings is 2. The highest BCUT2D eigenvalue weighted by molar-refractivity contribution is 7.61. The largest absolute Gasteiger partial charge is 0.596 e. The van der Waals surface area contributed by atoms with E-state index in [4.69, 9.17) is 18.8 Å². The van der Waals surface area contributed by atoms with Gasteiger partial charge in [-0.1, -0.05) is 35.4 Å². The molecule has 0 spiro atoms. The number of aryl methyl sites for hydroxylation is 2. The normalized spacial score (nSPS) is 12.0. The van der Waals surface area contributed by atoms with Crippen molar-refractivity contribution in [1.29, 1.82) is 0 Å². The molecule has 0 aliphatic heterocycles. The second-order valence-corrected chi connectivity index (χ2v) is 7.72. The number of hydrogen-bond acceptors (Lipinski definition) is 5. The van der Waals surface area contributed by atoms with Crippen molar-refractivity contribution in [3.63, 3.8) is 0 Å². The summed E-state index contributed by atoms with van der Waals surface area (Å²) < 4.78 is 38.1. The molecule has 0 fully saturated rings. The minimum absolute atomic E-state index is 0.0968. The summed E-state index contributed by atoms with van der Waals surface area (Å²) in [6, 6.07) is 12.7. The second-order valence-electron chi connectivity index (χ2n) is 4.83. The van der Waals surface area contributed by atoms with Gasteiger partial charge in [0, 0.05) is 0 Å². The lowest BCUT2D eigenvalue weighted by Crippen LogP contribution is -2.04. The lowest BCUT2D eigenvalue weighted by atomic mass is 10.2. The molecule has 0 aliphatic rings. The van der Waals surface area contributed by atoms with Crippen LogP contribution in [0.25, 0.3) is 0 Å². The zero-order valence-corrected chi connectivity index (χ0v) is 14.2. The molecule has 2 rings (SSSR count). The SMILES string of the molecule is Cc1ccc(OP(=O)(Oc2ccc(C)cc2)OP(=O)(O)O)cc1. The van der Waals surface area contributed by atoms with E-state index < -0.39 is 15.6 Å². The zero-order chi connectivity index (χ0) is 17.1. The van der Waals surface area contributed by atoms with Crippen LogP contribution in [-0.2, 0) is 13.4 Å². The van der Waals surface area contributed by atoms with Gasteiger partial charge in [-0.2, -0.15) is 4.31 Å². The van der Waals surface area contributed by atoms with E-state index >= 15 is 0 Å². The van der Waals surface area contributed by atoms with Crippen LogP contribution in [0, 0.1) is 13.8 Å². The quantitative estimate of drug-likeness (QED) is 0.753. The van der Waals surface area contributed by atoms with Crippen LogP contribution in [0.3, 0.4) is 0 Å². The highest BCUT2D eigenvalue weighted by Gasteiger charge is 2.39. The molecule has 0 atom stereocenters. The molecule has 0 bridgehead atoms. The lowest BCUT2D eigenvalue weighted by Gasteiger charge is -2.19. The van der Waals surface area contributed by atoms with Gasteiger partial charge in [0.1, 0.15) is 11.5 Å². The Morgan fingerprint density at radius 3 is 1.39 bits per heavy atom. The number of hydrogen-bond donors (Lipinski definition) is 2. The number of phosphoric ester groups is 1. The Morgan fingerprint density at radius 1 is 0.739 bits per heavy atom. The van der Waals surface area contributed by atoms with Crippen molar-refractivity contribution in [2.24, 2.45) is 0 Å². The van der Waals surface area contributed by atoms with Crippen LogP contribution >= 0.6 is 15.6 Å². The average molecular weight is 358 g/mol. The molecule has 0 amide bonds. The van der Waals surface area contributed by atoms with E-state index in [0.29, 0.717) is 0 Å². The fourth-order valence-corrected chi connectivity index (χ4v) is 3.74. The van der Waals surface area contributed by atoms with Gasteiger partial charge in [0.2, 0.25) is 0 Å². The summed E-state index contributed by atoms with van der Waals surface area (Å²) in [5, 5.41) is 0. The predicted molar refractivity (Wildman–Crippen MR) is 84.3 cm³/mol. The summed E-state index contributed by atoms with van der Waals surface area (Å²) in [6.07, 6.45) is 0. The number of phosphoric acid groups is 2. The van der Waals surface area contributed by atoms with E-state index in [1.807, 2.05) is 13.8 Å². The fraction of sp³-hybridized carbons (Fsp3) is 0.143. The summed E-state index contributed by atoms with van der Waals surface area (Å²) in [5.74, 6) is 0.194. The standard InChI is InChI=1S/C14H16O7P2/c1-11-3-7-13(8-4-11)19-23(18,21-22(15,16)17)20-14-9-5-12(2)6-10-14/h3-10H,1-2H3,(H2,15,16,17). The molecule has 0 saturated heterocycles. The molecule has 0 heterocycles. The molecule has 124 valence electrons. The molecule has 2 N–H and O–H groups in total. The maximum Gasteiger partial charge on any atom is 0.596 e. The van der Waals surface area contributed by atoms with Crippen LogP contribution in [-0.4, -0.2) is 9.79 Å². The first-order chi connectivity index (χ1) is 10.7. The fourth-order valence-electron chi connectivity index (χ4n) is 1.64. The Morgan fingerprint density at radius 2 is 1.09 bits per heavy atom. The summed E-state index contributed by atoms with van der Waals surface area (Å²) in [5.41, 5.74) is 1.87. The Bertz CT molecular complexity index is 698. The van der Waals surface area contributed by atoms with E-state index in [9.17, 15) is 9.13 Å². The van der Waals surface area contributed by atoms with Crippen molar-refractivity contribution in [2.45, 2.75) is 13.8 Å². The topological polar surface area (TPSA) is 102 Å². The molecule has 7 nitrogen and oxygen atoms in total. The van der Waals surface area contributed by atoms with E-state index in [-0.39, 0.29) is 11.5 Å². The van der Waals surface area contributed by atoms with Gasteiger partial charge in [-0.25, -0.2) is 9.13 Å². The predicted octanol–water partition coefficient (Wildman–Crippen LogP) is 3.98.